The average Bonchev–Trinajstić information content (AvgIpc) is 2.59. The number of aliphatic carboxylic acids is 1. The highest BCUT2D eigenvalue weighted by Crippen LogP contribution is 2.51. The fourth-order valence-electron chi connectivity index (χ4n) is 3.72. The van der Waals surface area contributed by atoms with Crippen LogP contribution >= 0.6 is 15.8 Å². The lowest BCUT2D eigenvalue weighted by atomic mass is 10.1. The third-order valence-electron chi connectivity index (χ3n) is 5.34. The van der Waals surface area contributed by atoms with Crippen molar-refractivity contribution in [3.05, 3.63) is 35.9 Å². The second-order valence-electron chi connectivity index (χ2n) is 8.82. The van der Waals surface area contributed by atoms with Crippen LogP contribution in [0.5, 0.6) is 0 Å². The maximum absolute atomic E-state index is 12.4. The molecule has 0 bridgehead atoms. The molecule has 1 rings (SSSR count). The van der Waals surface area contributed by atoms with Gasteiger partial charge in [-0.1, -0.05) is 102 Å². The quantitative estimate of drug-likeness (QED) is 0.389. The first-order chi connectivity index (χ1) is 13.0. The van der Waals surface area contributed by atoms with E-state index in [4.69, 9.17) is 0 Å². The smallest absolute Gasteiger partial charge is 0.321 e. The minimum absolute atomic E-state index is 0.246. The van der Waals surface area contributed by atoms with Gasteiger partial charge < -0.3 is 5.11 Å². The SMILES string of the molecule is CC(C)P(CN(CP(C(C)C)C(C)C)[C@@H](Cc1ccccc1)C(=O)O)C(C)C. The number of rotatable bonds is 12. The van der Waals surface area contributed by atoms with E-state index in [2.05, 4.69) is 72.4 Å². The third-order valence-corrected chi connectivity index (χ3v) is 12.0. The van der Waals surface area contributed by atoms with Gasteiger partial charge in [0, 0.05) is 12.6 Å². The molecule has 1 N–H and O–H groups in total. The summed E-state index contributed by atoms with van der Waals surface area (Å²) in [4.78, 5) is 14.7. The van der Waals surface area contributed by atoms with Crippen LogP contribution in [0, 0.1) is 0 Å². The summed E-state index contributed by atoms with van der Waals surface area (Å²) in [5.41, 5.74) is 3.53. The van der Waals surface area contributed by atoms with Gasteiger partial charge in [0.15, 0.2) is 0 Å². The van der Waals surface area contributed by atoms with E-state index in [1.165, 1.54) is 0 Å². The molecule has 0 amide bonds. The molecule has 0 aliphatic rings. The monoisotopic (exact) mass is 425 g/mol. The van der Waals surface area contributed by atoms with Crippen LogP contribution in [0.2, 0.25) is 0 Å². The molecule has 5 heteroatoms. The van der Waals surface area contributed by atoms with E-state index in [-0.39, 0.29) is 15.8 Å². The Hall–Kier alpha value is -0.490. The Bertz CT molecular complexity index is 537. The molecule has 0 fully saturated rings. The molecule has 1 atom stereocenters. The zero-order chi connectivity index (χ0) is 21.4. The van der Waals surface area contributed by atoms with Crippen LogP contribution in [0.15, 0.2) is 30.3 Å². The highest BCUT2D eigenvalue weighted by Gasteiger charge is 2.32. The Morgan fingerprint density at radius 2 is 1.21 bits per heavy atom. The van der Waals surface area contributed by atoms with Crippen molar-refractivity contribution in [2.75, 3.05) is 12.6 Å². The molecule has 0 radical (unpaired) electrons. The van der Waals surface area contributed by atoms with E-state index < -0.39 is 12.0 Å². The molecule has 0 aliphatic heterocycles. The van der Waals surface area contributed by atoms with Gasteiger partial charge in [0.2, 0.25) is 0 Å². The molecule has 0 aromatic heterocycles. The fraction of sp³-hybridized carbons (Fsp3) is 0.696. The van der Waals surface area contributed by atoms with Gasteiger partial charge in [-0.2, -0.15) is 0 Å². The molecule has 0 spiro atoms. The Kier molecular flexibility index (Phi) is 11.2. The number of nitrogens with zero attached hydrogens (tertiary/aromatic N) is 1. The van der Waals surface area contributed by atoms with Gasteiger partial charge >= 0.3 is 5.97 Å². The lowest BCUT2D eigenvalue weighted by Gasteiger charge is -2.40. The molecule has 3 nitrogen and oxygen atoms in total. The zero-order valence-corrected chi connectivity index (χ0v) is 20.9. The fourth-order valence-corrected chi connectivity index (χ4v) is 9.00. The first-order valence-electron chi connectivity index (χ1n) is 10.6. The molecule has 1 aromatic rings. The Morgan fingerprint density at radius 1 is 0.821 bits per heavy atom. The highest BCUT2D eigenvalue weighted by atomic mass is 31.1. The van der Waals surface area contributed by atoms with E-state index in [0.29, 0.717) is 29.1 Å². The van der Waals surface area contributed by atoms with Crippen molar-refractivity contribution in [3.63, 3.8) is 0 Å². The minimum atomic E-state index is -0.686. The minimum Gasteiger partial charge on any atom is -0.480 e. The first kappa shape index (κ1) is 25.5. The normalized spacial score (nSPS) is 13.7. The zero-order valence-electron chi connectivity index (χ0n) is 19.1. The molecule has 0 saturated heterocycles. The van der Waals surface area contributed by atoms with Crippen molar-refractivity contribution in [2.24, 2.45) is 0 Å². The van der Waals surface area contributed by atoms with Gasteiger partial charge in [-0.3, -0.25) is 9.69 Å². The summed E-state index contributed by atoms with van der Waals surface area (Å²) >= 11 is 0. The summed E-state index contributed by atoms with van der Waals surface area (Å²) in [6.45, 7) is 18.4. The van der Waals surface area contributed by atoms with Gasteiger partial charge in [0.1, 0.15) is 6.04 Å². The highest BCUT2D eigenvalue weighted by molar-refractivity contribution is 7.60. The van der Waals surface area contributed by atoms with E-state index in [9.17, 15) is 9.90 Å². The largest absolute Gasteiger partial charge is 0.480 e. The molecular weight excluding hydrogens is 384 g/mol. The van der Waals surface area contributed by atoms with Crippen LogP contribution in [0.3, 0.4) is 0 Å². The van der Waals surface area contributed by atoms with Crippen LogP contribution in [0.4, 0.5) is 0 Å². The Balaban J connectivity index is 3.21. The van der Waals surface area contributed by atoms with E-state index in [1.54, 1.807) is 0 Å². The molecule has 0 saturated carbocycles. The van der Waals surface area contributed by atoms with Crippen molar-refractivity contribution in [1.82, 2.24) is 4.90 Å². The van der Waals surface area contributed by atoms with Crippen LogP contribution in [-0.2, 0) is 11.2 Å². The molecule has 160 valence electrons. The predicted octanol–water partition coefficient (Wildman–Crippen LogP) is 6.50. The summed E-state index contributed by atoms with van der Waals surface area (Å²) in [6.07, 6.45) is 2.42. The molecule has 0 unspecified atom stereocenters. The molecule has 0 heterocycles. The maximum atomic E-state index is 12.4. The second-order valence-corrected chi connectivity index (χ2v) is 15.6. The van der Waals surface area contributed by atoms with E-state index in [0.717, 1.165) is 18.1 Å². The van der Waals surface area contributed by atoms with Gasteiger partial charge in [-0.25, -0.2) is 0 Å². The van der Waals surface area contributed by atoms with Crippen LogP contribution in [0.25, 0.3) is 0 Å². The first-order valence-corrected chi connectivity index (χ1v) is 13.9. The van der Waals surface area contributed by atoms with Crippen molar-refractivity contribution >= 4 is 21.8 Å². The molecule has 1 aromatic carbocycles. The standard InChI is InChI=1S/C23H41NO2P2/c1-17(2)27(18(3)4)15-24(16-28(19(5)6)20(7)8)22(23(25)26)14-21-12-10-9-11-13-21/h9-13,17-20,22H,14-16H2,1-8H3,(H,25,26)/t22-/m0/s1. The summed E-state index contributed by atoms with van der Waals surface area (Å²) in [6, 6.07) is 9.65. The maximum Gasteiger partial charge on any atom is 0.321 e. The average molecular weight is 426 g/mol. The lowest BCUT2D eigenvalue weighted by molar-refractivity contribution is -0.142. The number of hydrogen-bond acceptors (Lipinski definition) is 2. The number of benzene rings is 1. The van der Waals surface area contributed by atoms with Gasteiger partial charge in [-0.05, 0) is 34.6 Å². The number of hydrogen-bond donors (Lipinski definition) is 1. The summed E-state index contributed by atoms with van der Waals surface area (Å²) in [7, 11) is -0.492. The molecule has 28 heavy (non-hydrogen) atoms. The second kappa shape index (κ2) is 12.3. The van der Waals surface area contributed by atoms with Crippen molar-refractivity contribution in [1.29, 1.82) is 0 Å². The van der Waals surface area contributed by atoms with Crippen LogP contribution in [-0.4, -0.2) is 57.2 Å². The Morgan fingerprint density at radius 3 is 1.54 bits per heavy atom. The van der Waals surface area contributed by atoms with Gasteiger partial charge in [0.25, 0.3) is 0 Å². The Labute approximate surface area is 175 Å². The summed E-state index contributed by atoms with van der Waals surface area (Å²) in [5, 5.41) is 10.2. The van der Waals surface area contributed by atoms with E-state index in [1.807, 2.05) is 18.2 Å². The van der Waals surface area contributed by atoms with Gasteiger partial charge in [0.05, 0.1) is 0 Å². The lowest BCUT2D eigenvalue weighted by Crippen LogP contribution is -2.44. The van der Waals surface area contributed by atoms with Crippen molar-refractivity contribution in [3.8, 4) is 0 Å². The number of carboxylic acid groups (broad SMARTS) is 1. The summed E-state index contributed by atoms with van der Waals surface area (Å²) < 4.78 is 0. The van der Waals surface area contributed by atoms with Crippen molar-refractivity contribution < 1.29 is 9.90 Å². The number of carbonyl (C=O) groups is 1. The molecule has 0 aliphatic carbocycles. The van der Waals surface area contributed by atoms with Crippen LogP contribution in [0.1, 0.15) is 61.0 Å². The topological polar surface area (TPSA) is 40.5 Å². The van der Waals surface area contributed by atoms with Crippen molar-refractivity contribution in [2.45, 2.75) is 90.5 Å². The number of carboxylic acids is 1. The van der Waals surface area contributed by atoms with Crippen LogP contribution < -0.4 is 0 Å². The van der Waals surface area contributed by atoms with Gasteiger partial charge in [-0.15, -0.1) is 0 Å². The molecular formula is C23H41NO2P2. The predicted molar refractivity (Wildman–Crippen MR) is 128 cm³/mol. The van der Waals surface area contributed by atoms with E-state index >= 15 is 0 Å². The summed E-state index contributed by atoms with van der Waals surface area (Å²) in [5.74, 6) is -0.686. The third kappa shape index (κ3) is 8.10.